The first-order chi connectivity index (χ1) is 13.9. The fraction of sp³-hybridized carbons (Fsp3) is 0.417. The molecule has 1 N–H and O–H groups in total. The number of amides is 2. The van der Waals surface area contributed by atoms with Crippen molar-refractivity contribution in [3.63, 3.8) is 0 Å². The third-order valence-corrected chi connectivity index (χ3v) is 5.72. The fourth-order valence-corrected chi connectivity index (χ4v) is 3.98. The highest BCUT2D eigenvalue weighted by atomic mass is 32.2. The maximum atomic E-state index is 13.0. The third-order valence-electron chi connectivity index (χ3n) is 4.73. The number of aryl methyl sites for hydroxylation is 2. The monoisotopic (exact) mass is 412 g/mol. The third kappa shape index (κ3) is 7.58. The van der Waals surface area contributed by atoms with E-state index in [4.69, 9.17) is 0 Å². The van der Waals surface area contributed by atoms with Gasteiger partial charge in [-0.15, -0.1) is 11.8 Å². The molecule has 0 aliphatic heterocycles. The van der Waals surface area contributed by atoms with Crippen LogP contribution in [0.3, 0.4) is 0 Å². The molecular formula is C24H32N2O2S. The molecule has 1 unspecified atom stereocenters. The van der Waals surface area contributed by atoms with Gasteiger partial charge < -0.3 is 10.2 Å². The van der Waals surface area contributed by atoms with Gasteiger partial charge >= 0.3 is 0 Å². The number of hydrogen-bond donors (Lipinski definition) is 1. The Bertz CT molecular complexity index is 822. The molecule has 0 bridgehead atoms. The normalized spacial score (nSPS) is 11.7. The molecule has 0 saturated heterocycles. The highest BCUT2D eigenvalue weighted by molar-refractivity contribution is 7.99. The minimum absolute atomic E-state index is 0.0108. The zero-order valence-corrected chi connectivity index (χ0v) is 18.7. The number of carbonyl (C=O) groups is 2. The number of thioether (sulfide) groups is 1. The molecule has 0 radical (unpaired) electrons. The summed E-state index contributed by atoms with van der Waals surface area (Å²) in [6.45, 7) is 8.99. The van der Waals surface area contributed by atoms with Gasteiger partial charge in [0.15, 0.2) is 0 Å². The second kappa shape index (κ2) is 11.7. The van der Waals surface area contributed by atoms with E-state index in [0.29, 0.717) is 18.8 Å². The van der Waals surface area contributed by atoms with Gasteiger partial charge in [0.2, 0.25) is 11.8 Å². The maximum Gasteiger partial charge on any atom is 0.242 e. The molecule has 2 aromatic carbocycles. The van der Waals surface area contributed by atoms with Crippen molar-refractivity contribution in [1.82, 2.24) is 10.2 Å². The number of nitrogens with zero attached hydrogens (tertiary/aromatic N) is 1. The van der Waals surface area contributed by atoms with E-state index in [-0.39, 0.29) is 11.8 Å². The molecule has 0 spiro atoms. The summed E-state index contributed by atoms with van der Waals surface area (Å²) >= 11 is 1.59. The van der Waals surface area contributed by atoms with Gasteiger partial charge in [-0.2, -0.15) is 0 Å². The summed E-state index contributed by atoms with van der Waals surface area (Å²) in [4.78, 5) is 27.3. The summed E-state index contributed by atoms with van der Waals surface area (Å²) < 4.78 is 0. The summed E-state index contributed by atoms with van der Waals surface area (Å²) in [5.74, 6) is 1.02. The highest BCUT2D eigenvalue weighted by Gasteiger charge is 2.25. The van der Waals surface area contributed by atoms with Gasteiger partial charge in [-0.05, 0) is 38.3 Å². The van der Waals surface area contributed by atoms with E-state index in [0.717, 1.165) is 23.3 Å². The SMILES string of the molecule is CCCNC(=O)C(C)N(Cc1cccc(C)c1)C(=O)CSCc1cccc(C)c1. The lowest BCUT2D eigenvalue weighted by molar-refractivity contribution is -0.138. The van der Waals surface area contributed by atoms with Crippen LogP contribution < -0.4 is 5.32 Å². The summed E-state index contributed by atoms with van der Waals surface area (Å²) in [6, 6.07) is 15.9. The molecule has 0 aliphatic carbocycles. The highest BCUT2D eigenvalue weighted by Crippen LogP contribution is 2.17. The Kier molecular flexibility index (Phi) is 9.26. The van der Waals surface area contributed by atoms with Crippen LogP contribution in [0.5, 0.6) is 0 Å². The van der Waals surface area contributed by atoms with Gasteiger partial charge in [-0.3, -0.25) is 9.59 Å². The molecule has 0 aliphatic rings. The Labute approximate surface area is 179 Å². The van der Waals surface area contributed by atoms with Gasteiger partial charge in [-0.1, -0.05) is 66.6 Å². The Morgan fingerprint density at radius 1 is 1.03 bits per heavy atom. The van der Waals surface area contributed by atoms with Crippen LogP contribution in [0.1, 0.15) is 42.5 Å². The van der Waals surface area contributed by atoms with Crippen molar-refractivity contribution >= 4 is 23.6 Å². The molecular weight excluding hydrogens is 380 g/mol. The van der Waals surface area contributed by atoms with Crippen LogP contribution in [-0.4, -0.2) is 35.1 Å². The molecule has 29 heavy (non-hydrogen) atoms. The number of nitrogens with one attached hydrogen (secondary N) is 1. The number of hydrogen-bond acceptors (Lipinski definition) is 3. The lowest BCUT2D eigenvalue weighted by Crippen LogP contribution is -2.48. The van der Waals surface area contributed by atoms with Crippen molar-refractivity contribution in [3.05, 3.63) is 70.8 Å². The lowest BCUT2D eigenvalue weighted by Gasteiger charge is -2.29. The van der Waals surface area contributed by atoms with Gasteiger partial charge in [0.1, 0.15) is 6.04 Å². The second-order valence-corrected chi connectivity index (χ2v) is 8.45. The maximum absolute atomic E-state index is 13.0. The van der Waals surface area contributed by atoms with Crippen molar-refractivity contribution in [1.29, 1.82) is 0 Å². The average molecular weight is 413 g/mol. The minimum Gasteiger partial charge on any atom is -0.354 e. The van der Waals surface area contributed by atoms with Crippen molar-refractivity contribution in [2.24, 2.45) is 0 Å². The van der Waals surface area contributed by atoms with E-state index >= 15 is 0 Å². The van der Waals surface area contributed by atoms with Gasteiger partial charge in [0.25, 0.3) is 0 Å². The van der Waals surface area contributed by atoms with Crippen LogP contribution in [-0.2, 0) is 21.9 Å². The quantitative estimate of drug-likeness (QED) is 0.626. The summed E-state index contributed by atoms with van der Waals surface area (Å²) in [6.07, 6.45) is 0.872. The second-order valence-electron chi connectivity index (χ2n) is 7.46. The predicted octanol–water partition coefficient (Wildman–Crippen LogP) is 4.48. The van der Waals surface area contributed by atoms with Gasteiger partial charge in [-0.25, -0.2) is 0 Å². The van der Waals surface area contributed by atoms with E-state index in [1.807, 2.05) is 45.0 Å². The topological polar surface area (TPSA) is 49.4 Å². The minimum atomic E-state index is -0.505. The first kappa shape index (κ1) is 23.0. The molecule has 4 nitrogen and oxygen atoms in total. The van der Waals surface area contributed by atoms with Crippen molar-refractivity contribution < 1.29 is 9.59 Å². The molecule has 2 amide bonds. The summed E-state index contributed by atoms with van der Waals surface area (Å²) in [5.41, 5.74) is 4.61. The number of carbonyl (C=O) groups excluding carboxylic acids is 2. The Hall–Kier alpha value is -2.27. The van der Waals surface area contributed by atoms with E-state index in [1.165, 1.54) is 11.1 Å². The Balaban J connectivity index is 2.05. The molecule has 5 heteroatoms. The smallest absolute Gasteiger partial charge is 0.242 e. The van der Waals surface area contributed by atoms with Crippen molar-refractivity contribution in [3.8, 4) is 0 Å². The van der Waals surface area contributed by atoms with Crippen LogP contribution in [0, 0.1) is 13.8 Å². The van der Waals surface area contributed by atoms with Crippen molar-refractivity contribution in [2.45, 2.75) is 52.5 Å². The largest absolute Gasteiger partial charge is 0.354 e. The van der Waals surface area contributed by atoms with E-state index < -0.39 is 6.04 Å². The zero-order valence-electron chi connectivity index (χ0n) is 17.9. The molecule has 0 heterocycles. The molecule has 2 aromatic rings. The summed E-state index contributed by atoms with van der Waals surface area (Å²) in [5, 5.41) is 2.91. The standard InChI is InChI=1S/C24H32N2O2S/c1-5-12-25-24(28)20(4)26(15-21-10-6-8-18(2)13-21)23(27)17-29-16-22-11-7-9-19(3)14-22/h6-11,13-14,20H,5,12,15-17H2,1-4H3,(H,25,28). The first-order valence-corrected chi connectivity index (χ1v) is 11.3. The average Bonchev–Trinajstić information content (AvgIpc) is 2.69. The van der Waals surface area contributed by atoms with E-state index in [2.05, 4.69) is 36.5 Å². The van der Waals surface area contributed by atoms with Crippen LogP contribution in [0.2, 0.25) is 0 Å². The van der Waals surface area contributed by atoms with Crippen LogP contribution in [0.4, 0.5) is 0 Å². The summed E-state index contributed by atoms with van der Waals surface area (Å²) in [7, 11) is 0. The van der Waals surface area contributed by atoms with Gasteiger partial charge in [0, 0.05) is 18.8 Å². The molecule has 156 valence electrons. The van der Waals surface area contributed by atoms with E-state index in [1.54, 1.807) is 16.7 Å². The van der Waals surface area contributed by atoms with Crippen LogP contribution >= 0.6 is 11.8 Å². The van der Waals surface area contributed by atoms with Crippen LogP contribution in [0.25, 0.3) is 0 Å². The molecule has 0 aromatic heterocycles. The zero-order chi connectivity index (χ0) is 21.2. The van der Waals surface area contributed by atoms with E-state index in [9.17, 15) is 9.59 Å². The predicted molar refractivity (Wildman–Crippen MR) is 122 cm³/mol. The molecule has 2 rings (SSSR count). The molecule has 0 fully saturated rings. The fourth-order valence-electron chi connectivity index (χ4n) is 3.13. The number of benzene rings is 2. The first-order valence-electron chi connectivity index (χ1n) is 10.2. The van der Waals surface area contributed by atoms with Crippen LogP contribution in [0.15, 0.2) is 48.5 Å². The Morgan fingerprint density at radius 2 is 1.66 bits per heavy atom. The molecule has 0 saturated carbocycles. The lowest BCUT2D eigenvalue weighted by atomic mass is 10.1. The van der Waals surface area contributed by atoms with Gasteiger partial charge in [0.05, 0.1) is 5.75 Å². The Morgan fingerprint density at radius 3 is 2.28 bits per heavy atom. The van der Waals surface area contributed by atoms with Crippen molar-refractivity contribution in [2.75, 3.05) is 12.3 Å². The molecule has 1 atom stereocenters. The number of rotatable bonds is 10.